The minimum absolute atomic E-state index is 0.110. The number of aromatic nitrogens is 1. The molecular formula is C16H15N3OS. The number of aryl methyl sites for hydroxylation is 2. The van der Waals surface area contributed by atoms with Gasteiger partial charge in [-0.15, -0.1) is 0 Å². The van der Waals surface area contributed by atoms with Crippen molar-refractivity contribution in [1.29, 1.82) is 5.26 Å². The van der Waals surface area contributed by atoms with Crippen LogP contribution in [-0.2, 0) is 4.79 Å². The highest BCUT2D eigenvalue weighted by molar-refractivity contribution is 8.00. The number of pyridine rings is 1. The number of hydrogen-bond donors (Lipinski definition) is 1. The molecule has 1 N–H and O–H groups in total. The molecule has 0 fully saturated rings. The van der Waals surface area contributed by atoms with E-state index in [9.17, 15) is 4.79 Å². The smallest absolute Gasteiger partial charge is 0.234 e. The first-order valence-electron chi connectivity index (χ1n) is 6.46. The molecule has 0 aliphatic heterocycles. The van der Waals surface area contributed by atoms with Crippen molar-refractivity contribution in [3.05, 3.63) is 53.2 Å². The molecule has 0 unspecified atom stereocenters. The summed E-state index contributed by atoms with van der Waals surface area (Å²) >= 11 is 1.27. The van der Waals surface area contributed by atoms with Gasteiger partial charge in [0.1, 0.15) is 11.1 Å². The Hall–Kier alpha value is -2.32. The molecule has 0 saturated carbocycles. The van der Waals surface area contributed by atoms with Crippen molar-refractivity contribution in [1.82, 2.24) is 4.98 Å². The molecule has 1 aromatic carbocycles. The van der Waals surface area contributed by atoms with Gasteiger partial charge in [-0.25, -0.2) is 4.98 Å². The molecule has 0 bridgehead atoms. The number of anilines is 1. The molecule has 21 heavy (non-hydrogen) atoms. The monoisotopic (exact) mass is 297 g/mol. The van der Waals surface area contributed by atoms with Gasteiger partial charge in [-0.05, 0) is 37.6 Å². The number of nitrogens with zero attached hydrogens (tertiary/aromatic N) is 2. The highest BCUT2D eigenvalue weighted by Gasteiger charge is 2.09. The first kappa shape index (κ1) is 15.1. The van der Waals surface area contributed by atoms with Crippen LogP contribution in [0.15, 0.2) is 41.4 Å². The molecule has 0 radical (unpaired) electrons. The van der Waals surface area contributed by atoms with E-state index in [0.29, 0.717) is 10.6 Å². The maximum atomic E-state index is 12.0. The van der Waals surface area contributed by atoms with E-state index in [0.717, 1.165) is 16.9 Å². The van der Waals surface area contributed by atoms with E-state index in [1.165, 1.54) is 11.8 Å². The molecule has 1 heterocycles. The Labute approximate surface area is 128 Å². The Morgan fingerprint density at radius 3 is 2.76 bits per heavy atom. The largest absolute Gasteiger partial charge is 0.325 e. The van der Waals surface area contributed by atoms with E-state index in [4.69, 9.17) is 5.26 Å². The summed E-state index contributed by atoms with van der Waals surface area (Å²) in [5.74, 6) is 0.112. The maximum Gasteiger partial charge on any atom is 0.234 e. The summed E-state index contributed by atoms with van der Waals surface area (Å²) in [6.07, 6.45) is 0. The zero-order chi connectivity index (χ0) is 15.2. The lowest BCUT2D eigenvalue weighted by Crippen LogP contribution is -2.15. The molecule has 106 valence electrons. The van der Waals surface area contributed by atoms with Gasteiger partial charge in [0, 0.05) is 11.4 Å². The van der Waals surface area contributed by atoms with Gasteiger partial charge < -0.3 is 5.32 Å². The predicted molar refractivity (Wildman–Crippen MR) is 84.2 cm³/mol. The molecule has 2 aromatic rings. The zero-order valence-electron chi connectivity index (χ0n) is 11.9. The van der Waals surface area contributed by atoms with Crippen LogP contribution in [0.4, 0.5) is 5.69 Å². The Kier molecular flexibility index (Phi) is 4.96. The zero-order valence-corrected chi connectivity index (χ0v) is 12.7. The van der Waals surface area contributed by atoms with Crippen LogP contribution in [0.3, 0.4) is 0 Å². The van der Waals surface area contributed by atoms with Crippen LogP contribution in [0.2, 0.25) is 0 Å². The Morgan fingerprint density at radius 1 is 1.29 bits per heavy atom. The normalized spacial score (nSPS) is 9.95. The summed E-state index contributed by atoms with van der Waals surface area (Å²) in [5, 5.41) is 12.5. The highest BCUT2D eigenvalue weighted by Crippen LogP contribution is 2.21. The minimum atomic E-state index is -0.110. The van der Waals surface area contributed by atoms with Crippen LogP contribution in [-0.4, -0.2) is 16.6 Å². The van der Waals surface area contributed by atoms with Gasteiger partial charge in [-0.1, -0.05) is 30.0 Å². The van der Waals surface area contributed by atoms with E-state index in [2.05, 4.69) is 16.4 Å². The van der Waals surface area contributed by atoms with Crippen molar-refractivity contribution < 1.29 is 4.79 Å². The number of nitrogens with one attached hydrogen (secondary N) is 1. The number of para-hydroxylation sites is 1. The first-order valence-corrected chi connectivity index (χ1v) is 7.44. The summed E-state index contributed by atoms with van der Waals surface area (Å²) in [4.78, 5) is 16.3. The van der Waals surface area contributed by atoms with Crippen molar-refractivity contribution in [2.24, 2.45) is 0 Å². The van der Waals surface area contributed by atoms with Crippen molar-refractivity contribution in [2.75, 3.05) is 11.1 Å². The Morgan fingerprint density at radius 2 is 2.05 bits per heavy atom. The van der Waals surface area contributed by atoms with E-state index in [-0.39, 0.29) is 11.7 Å². The predicted octanol–water partition coefficient (Wildman–Crippen LogP) is 3.30. The average molecular weight is 297 g/mol. The van der Waals surface area contributed by atoms with Crippen LogP contribution in [0.1, 0.15) is 16.8 Å². The van der Waals surface area contributed by atoms with Gasteiger partial charge in [0.2, 0.25) is 5.91 Å². The molecular weight excluding hydrogens is 282 g/mol. The standard InChI is InChI=1S/C16H15N3OS/c1-11-5-3-4-6-14(11)19-15(20)10-21-16-13(9-17)8-7-12(2)18-16/h3-8H,10H2,1-2H3,(H,19,20). The quantitative estimate of drug-likeness (QED) is 0.879. The molecule has 0 atom stereocenters. The second kappa shape index (κ2) is 6.91. The lowest BCUT2D eigenvalue weighted by molar-refractivity contribution is -0.113. The summed E-state index contributed by atoms with van der Waals surface area (Å²) in [7, 11) is 0. The third-order valence-corrected chi connectivity index (χ3v) is 3.87. The second-order valence-corrected chi connectivity index (χ2v) is 5.53. The van der Waals surface area contributed by atoms with Crippen LogP contribution in [0, 0.1) is 25.2 Å². The number of benzene rings is 1. The van der Waals surface area contributed by atoms with Gasteiger partial charge in [0.15, 0.2) is 0 Å². The summed E-state index contributed by atoms with van der Waals surface area (Å²) in [6, 6.07) is 13.2. The lowest BCUT2D eigenvalue weighted by Gasteiger charge is -2.08. The van der Waals surface area contributed by atoms with Crippen molar-refractivity contribution in [3.63, 3.8) is 0 Å². The second-order valence-electron chi connectivity index (χ2n) is 4.57. The number of thioether (sulfide) groups is 1. The number of carbonyl (C=O) groups is 1. The minimum Gasteiger partial charge on any atom is -0.325 e. The van der Waals surface area contributed by atoms with Gasteiger partial charge in [0.05, 0.1) is 11.3 Å². The lowest BCUT2D eigenvalue weighted by atomic mass is 10.2. The van der Waals surface area contributed by atoms with E-state index >= 15 is 0 Å². The van der Waals surface area contributed by atoms with Crippen LogP contribution < -0.4 is 5.32 Å². The fraction of sp³-hybridized carbons (Fsp3) is 0.188. The molecule has 5 heteroatoms. The third-order valence-electron chi connectivity index (χ3n) is 2.88. The summed E-state index contributed by atoms with van der Waals surface area (Å²) in [5.41, 5.74) is 3.15. The number of rotatable bonds is 4. The van der Waals surface area contributed by atoms with Gasteiger partial charge in [-0.2, -0.15) is 5.26 Å². The number of nitriles is 1. The number of carbonyl (C=O) groups excluding carboxylic acids is 1. The molecule has 0 aliphatic carbocycles. The van der Waals surface area contributed by atoms with E-state index < -0.39 is 0 Å². The first-order chi connectivity index (χ1) is 10.1. The SMILES string of the molecule is Cc1ccc(C#N)c(SCC(=O)Nc2ccccc2C)n1. The molecule has 4 nitrogen and oxygen atoms in total. The van der Waals surface area contributed by atoms with Gasteiger partial charge in [-0.3, -0.25) is 4.79 Å². The molecule has 1 aromatic heterocycles. The summed E-state index contributed by atoms with van der Waals surface area (Å²) in [6.45, 7) is 3.80. The van der Waals surface area contributed by atoms with Gasteiger partial charge in [0.25, 0.3) is 0 Å². The molecule has 0 saturated heterocycles. The molecule has 0 aliphatic rings. The fourth-order valence-corrected chi connectivity index (χ4v) is 2.58. The van der Waals surface area contributed by atoms with Crippen molar-refractivity contribution >= 4 is 23.4 Å². The van der Waals surface area contributed by atoms with Crippen LogP contribution >= 0.6 is 11.8 Å². The fourth-order valence-electron chi connectivity index (χ4n) is 1.76. The maximum absolute atomic E-state index is 12.0. The number of amides is 1. The Bertz CT molecular complexity index is 707. The van der Waals surface area contributed by atoms with E-state index in [1.54, 1.807) is 12.1 Å². The van der Waals surface area contributed by atoms with E-state index in [1.807, 2.05) is 38.1 Å². The molecule has 2 rings (SSSR count). The topological polar surface area (TPSA) is 65.8 Å². The average Bonchev–Trinajstić information content (AvgIpc) is 2.48. The number of hydrogen-bond acceptors (Lipinski definition) is 4. The molecule has 1 amide bonds. The third kappa shape index (κ3) is 4.07. The Balaban J connectivity index is 2.01. The highest BCUT2D eigenvalue weighted by atomic mass is 32.2. The van der Waals surface area contributed by atoms with Gasteiger partial charge >= 0.3 is 0 Å². The van der Waals surface area contributed by atoms with Crippen LogP contribution in [0.25, 0.3) is 0 Å². The van der Waals surface area contributed by atoms with Crippen molar-refractivity contribution in [3.8, 4) is 6.07 Å². The summed E-state index contributed by atoms with van der Waals surface area (Å²) < 4.78 is 0. The van der Waals surface area contributed by atoms with Crippen LogP contribution in [0.5, 0.6) is 0 Å². The van der Waals surface area contributed by atoms with Crippen molar-refractivity contribution in [2.45, 2.75) is 18.9 Å². The molecule has 0 spiro atoms.